The minimum atomic E-state index is -0.858. The number of unbranched alkanes of at least 4 members (excludes halogenated alkanes) is 3. The van der Waals surface area contributed by atoms with Crippen LogP contribution in [0.1, 0.15) is 61.6 Å². The fourth-order valence-electron chi connectivity index (χ4n) is 5.49. The van der Waals surface area contributed by atoms with E-state index in [1.165, 1.54) is 5.56 Å². The summed E-state index contributed by atoms with van der Waals surface area (Å²) in [6.45, 7) is 2.99. The lowest BCUT2D eigenvalue weighted by atomic mass is 9.96. The highest BCUT2D eigenvalue weighted by Gasteiger charge is 2.13. The van der Waals surface area contributed by atoms with Crippen LogP contribution in [0, 0.1) is 6.92 Å². The van der Waals surface area contributed by atoms with Gasteiger partial charge in [0.1, 0.15) is 17.2 Å². The molecule has 0 saturated carbocycles. The van der Waals surface area contributed by atoms with Gasteiger partial charge in [0.25, 0.3) is 0 Å². The molecule has 0 saturated heterocycles. The van der Waals surface area contributed by atoms with Crippen molar-refractivity contribution < 1.29 is 34.0 Å². The van der Waals surface area contributed by atoms with Crippen molar-refractivity contribution in [3.63, 3.8) is 0 Å². The summed E-state index contributed by atoms with van der Waals surface area (Å²) in [5.41, 5.74) is 7.65. The first-order valence-corrected chi connectivity index (χ1v) is 16.0. The molecule has 0 spiro atoms. The molecular weight excluding hydrogens is 580 g/mol. The number of benzene rings is 4. The Balaban J connectivity index is 1.33. The Kier molecular flexibility index (Phi) is 13.1. The Labute approximate surface area is 271 Å². The number of carboxylic acid groups (broad SMARTS) is 2. The lowest BCUT2D eigenvalue weighted by Crippen LogP contribution is -2.07. The number of aryl methyl sites for hydroxylation is 2. The van der Waals surface area contributed by atoms with E-state index in [2.05, 4.69) is 61.5 Å². The Hall–Kier alpha value is -4.78. The SMILES string of the molecule is COc1ccc(-c2cc(OCCCCCCc3cccc(OCCCC(=O)O)c3CCC(=O)O)cc(-c3cccc(C)c3)c2)cc1. The Morgan fingerprint density at radius 1 is 0.609 bits per heavy atom. The average molecular weight is 625 g/mol. The first-order valence-electron chi connectivity index (χ1n) is 16.0. The molecule has 0 amide bonds. The van der Waals surface area contributed by atoms with Crippen LogP contribution < -0.4 is 14.2 Å². The second-order valence-electron chi connectivity index (χ2n) is 11.5. The molecule has 4 rings (SSSR count). The fraction of sp³-hybridized carbons (Fsp3) is 0.333. The molecule has 0 radical (unpaired) electrons. The zero-order valence-electron chi connectivity index (χ0n) is 26.8. The van der Waals surface area contributed by atoms with Crippen LogP contribution in [0.5, 0.6) is 17.2 Å². The van der Waals surface area contributed by atoms with E-state index in [0.29, 0.717) is 25.2 Å². The quantitative estimate of drug-likeness (QED) is 0.101. The monoisotopic (exact) mass is 624 g/mol. The molecule has 7 nitrogen and oxygen atoms in total. The van der Waals surface area contributed by atoms with E-state index in [1.807, 2.05) is 30.3 Å². The van der Waals surface area contributed by atoms with Crippen LogP contribution in [0.3, 0.4) is 0 Å². The molecule has 4 aromatic rings. The molecule has 46 heavy (non-hydrogen) atoms. The number of methoxy groups -OCH3 is 1. The van der Waals surface area contributed by atoms with Crippen LogP contribution in [0.4, 0.5) is 0 Å². The van der Waals surface area contributed by atoms with Crippen molar-refractivity contribution in [2.75, 3.05) is 20.3 Å². The summed E-state index contributed by atoms with van der Waals surface area (Å²) in [4.78, 5) is 22.1. The van der Waals surface area contributed by atoms with Gasteiger partial charge in [-0.05, 0) is 109 Å². The van der Waals surface area contributed by atoms with Gasteiger partial charge in [-0.25, -0.2) is 0 Å². The zero-order chi connectivity index (χ0) is 32.7. The maximum atomic E-state index is 11.3. The molecule has 0 heterocycles. The van der Waals surface area contributed by atoms with Crippen molar-refractivity contribution in [3.05, 3.63) is 102 Å². The number of carboxylic acids is 2. The second kappa shape index (κ2) is 17.6. The Morgan fingerprint density at radius 3 is 2.02 bits per heavy atom. The van der Waals surface area contributed by atoms with Gasteiger partial charge in [-0.3, -0.25) is 9.59 Å². The molecule has 0 unspecified atom stereocenters. The highest BCUT2D eigenvalue weighted by molar-refractivity contribution is 5.75. The van der Waals surface area contributed by atoms with Crippen molar-refractivity contribution in [1.29, 1.82) is 0 Å². The third-order valence-corrected chi connectivity index (χ3v) is 7.90. The number of hydrogen-bond acceptors (Lipinski definition) is 5. The van der Waals surface area contributed by atoms with E-state index in [1.54, 1.807) is 7.11 Å². The largest absolute Gasteiger partial charge is 0.497 e. The second-order valence-corrected chi connectivity index (χ2v) is 11.5. The summed E-state index contributed by atoms with van der Waals surface area (Å²) in [6.07, 6.45) is 5.59. The topological polar surface area (TPSA) is 102 Å². The highest BCUT2D eigenvalue weighted by atomic mass is 16.5. The lowest BCUT2D eigenvalue weighted by Gasteiger charge is -2.15. The standard InChI is InChI=1S/C39H44O7/c1-28-10-7-13-31(24-28)33-25-32(29-16-18-34(44-2)19-17-29)26-35(27-33)45-22-6-4-3-5-11-30-12-8-14-37(36(30)20-21-39(42)43)46-23-9-15-38(40)41/h7-8,10,12-14,16-19,24-27H,3-6,9,11,15,20-23H2,1-2H3,(H,40,41)(H,42,43). The van der Waals surface area contributed by atoms with Gasteiger partial charge in [0.15, 0.2) is 0 Å². The van der Waals surface area contributed by atoms with Gasteiger partial charge < -0.3 is 24.4 Å². The van der Waals surface area contributed by atoms with E-state index in [0.717, 1.165) is 77.0 Å². The molecule has 0 atom stereocenters. The van der Waals surface area contributed by atoms with Gasteiger partial charge in [0.05, 0.1) is 20.3 Å². The average Bonchev–Trinajstić information content (AvgIpc) is 3.05. The maximum absolute atomic E-state index is 11.3. The van der Waals surface area contributed by atoms with Crippen molar-refractivity contribution in [2.45, 2.75) is 64.7 Å². The summed E-state index contributed by atoms with van der Waals surface area (Å²) in [5.74, 6) is 0.600. The Bertz CT molecular complexity index is 1580. The van der Waals surface area contributed by atoms with Crippen molar-refractivity contribution in [2.24, 2.45) is 0 Å². The van der Waals surface area contributed by atoms with Gasteiger partial charge in [0.2, 0.25) is 0 Å². The van der Waals surface area contributed by atoms with Gasteiger partial charge >= 0.3 is 11.9 Å². The number of rotatable bonds is 19. The number of ether oxygens (including phenoxy) is 3. The third-order valence-electron chi connectivity index (χ3n) is 7.90. The molecule has 2 N–H and O–H groups in total. The Morgan fingerprint density at radius 2 is 1.30 bits per heavy atom. The van der Waals surface area contributed by atoms with E-state index >= 15 is 0 Å². The minimum Gasteiger partial charge on any atom is -0.497 e. The summed E-state index contributed by atoms with van der Waals surface area (Å²) in [5, 5.41) is 18.2. The number of hydrogen-bond donors (Lipinski definition) is 2. The van der Waals surface area contributed by atoms with Gasteiger partial charge in [0, 0.05) is 12.8 Å². The summed E-state index contributed by atoms with van der Waals surface area (Å²) < 4.78 is 17.5. The van der Waals surface area contributed by atoms with Crippen LogP contribution in [0.25, 0.3) is 22.3 Å². The molecule has 0 aromatic heterocycles. The molecule has 7 heteroatoms. The van der Waals surface area contributed by atoms with Crippen molar-refractivity contribution in [1.82, 2.24) is 0 Å². The van der Waals surface area contributed by atoms with E-state index in [-0.39, 0.29) is 19.4 Å². The zero-order valence-corrected chi connectivity index (χ0v) is 26.8. The fourth-order valence-corrected chi connectivity index (χ4v) is 5.49. The van der Waals surface area contributed by atoms with Crippen LogP contribution >= 0.6 is 0 Å². The smallest absolute Gasteiger partial charge is 0.303 e. The minimum absolute atomic E-state index is 0.0189. The van der Waals surface area contributed by atoms with Crippen LogP contribution in [0.2, 0.25) is 0 Å². The van der Waals surface area contributed by atoms with E-state index in [4.69, 9.17) is 19.3 Å². The summed E-state index contributed by atoms with van der Waals surface area (Å²) >= 11 is 0. The summed E-state index contributed by atoms with van der Waals surface area (Å²) in [7, 11) is 1.67. The van der Waals surface area contributed by atoms with Gasteiger partial charge in [-0.2, -0.15) is 0 Å². The normalized spacial score (nSPS) is 10.8. The molecule has 4 aromatic carbocycles. The lowest BCUT2D eigenvalue weighted by molar-refractivity contribution is -0.138. The molecule has 0 bridgehead atoms. The first-order chi connectivity index (χ1) is 22.3. The molecule has 242 valence electrons. The van der Waals surface area contributed by atoms with Gasteiger partial charge in [-0.15, -0.1) is 0 Å². The third kappa shape index (κ3) is 10.7. The summed E-state index contributed by atoms with van der Waals surface area (Å²) in [6, 6.07) is 28.7. The molecule has 0 aliphatic carbocycles. The van der Waals surface area contributed by atoms with Crippen LogP contribution in [0.15, 0.2) is 84.9 Å². The maximum Gasteiger partial charge on any atom is 0.303 e. The van der Waals surface area contributed by atoms with Crippen LogP contribution in [-0.4, -0.2) is 42.5 Å². The number of carbonyl (C=O) groups is 2. The van der Waals surface area contributed by atoms with E-state index < -0.39 is 11.9 Å². The highest BCUT2D eigenvalue weighted by Crippen LogP contribution is 2.33. The van der Waals surface area contributed by atoms with Gasteiger partial charge in [-0.1, -0.05) is 66.9 Å². The van der Waals surface area contributed by atoms with Crippen molar-refractivity contribution in [3.8, 4) is 39.5 Å². The van der Waals surface area contributed by atoms with Crippen molar-refractivity contribution >= 4 is 11.9 Å². The van der Waals surface area contributed by atoms with E-state index in [9.17, 15) is 14.7 Å². The predicted octanol–water partition coefficient (Wildman–Crippen LogP) is 8.78. The number of aliphatic carboxylic acids is 2. The first kappa shape index (κ1) is 34.1. The predicted molar refractivity (Wildman–Crippen MR) is 181 cm³/mol. The molecular formula is C39H44O7. The molecule has 0 aliphatic heterocycles. The van der Waals surface area contributed by atoms with Crippen LogP contribution in [-0.2, 0) is 22.4 Å². The molecule has 0 fully saturated rings. The molecule has 0 aliphatic rings.